The molecule has 0 spiro atoms. The molecule has 2 aliphatic heterocycles. The highest BCUT2D eigenvalue weighted by Crippen LogP contribution is 2.31. The van der Waals surface area contributed by atoms with Crippen LogP contribution in [0.15, 0.2) is 12.3 Å². The first-order chi connectivity index (χ1) is 14.1. The summed E-state index contributed by atoms with van der Waals surface area (Å²) in [5, 5.41) is 3.26. The molecule has 0 bridgehead atoms. The van der Waals surface area contributed by atoms with Crippen molar-refractivity contribution < 1.29 is 9.53 Å². The summed E-state index contributed by atoms with van der Waals surface area (Å²) in [7, 11) is 3.91. The zero-order valence-electron chi connectivity index (χ0n) is 17.7. The van der Waals surface area contributed by atoms with Crippen molar-refractivity contribution in [2.75, 3.05) is 70.2 Å². The van der Waals surface area contributed by atoms with E-state index in [1.807, 2.05) is 30.0 Å². The summed E-state index contributed by atoms with van der Waals surface area (Å²) in [5.74, 6) is 3.14. The molecule has 1 aliphatic carbocycles. The van der Waals surface area contributed by atoms with Gasteiger partial charge in [-0.05, 0) is 56.7 Å². The molecule has 3 heterocycles. The number of aromatic nitrogens is 2. The molecule has 1 saturated carbocycles. The van der Waals surface area contributed by atoms with Crippen LogP contribution >= 0.6 is 0 Å². The van der Waals surface area contributed by atoms with Gasteiger partial charge in [-0.15, -0.1) is 0 Å². The summed E-state index contributed by atoms with van der Waals surface area (Å²) in [6, 6.07) is 1.87. The van der Waals surface area contributed by atoms with Gasteiger partial charge in [-0.2, -0.15) is 4.98 Å². The fourth-order valence-corrected chi connectivity index (χ4v) is 4.20. The Kier molecular flexibility index (Phi) is 6.50. The number of piperidine rings is 1. The highest BCUT2D eigenvalue weighted by Gasteiger charge is 2.31. The van der Waals surface area contributed by atoms with Crippen molar-refractivity contribution in [1.82, 2.24) is 19.8 Å². The number of likely N-dealkylation sites (tertiary alicyclic amines) is 1. The maximum absolute atomic E-state index is 12.4. The number of carbonyl (C=O) groups is 1. The maximum Gasteiger partial charge on any atom is 0.248 e. The molecule has 29 heavy (non-hydrogen) atoms. The molecule has 160 valence electrons. The lowest BCUT2D eigenvalue weighted by Crippen LogP contribution is -2.51. The standard InChI is InChI=1S/C21H34N6O2/c1-25(2)19-5-8-22-21(24-19)23-11-18-14-27(20(28)15-29-18)13-17-6-9-26(10-7-17)12-16-3-4-16/h5,8,16-18H,3-4,6-7,9-15H2,1-2H3,(H,22,23,24)/t18-/m1/s1. The van der Waals surface area contributed by atoms with E-state index in [1.165, 1.54) is 45.3 Å². The summed E-state index contributed by atoms with van der Waals surface area (Å²) in [4.78, 5) is 27.7. The zero-order valence-corrected chi connectivity index (χ0v) is 17.7. The highest BCUT2D eigenvalue weighted by atomic mass is 16.5. The van der Waals surface area contributed by atoms with E-state index in [1.54, 1.807) is 6.20 Å². The van der Waals surface area contributed by atoms with Crippen LogP contribution in [0.1, 0.15) is 25.7 Å². The van der Waals surface area contributed by atoms with E-state index in [9.17, 15) is 4.79 Å². The Hall–Kier alpha value is -1.93. The van der Waals surface area contributed by atoms with Crippen molar-refractivity contribution in [3.05, 3.63) is 12.3 Å². The molecule has 0 radical (unpaired) electrons. The van der Waals surface area contributed by atoms with E-state index in [0.717, 1.165) is 18.3 Å². The molecule has 4 rings (SSSR count). The molecule has 0 aromatic carbocycles. The SMILES string of the molecule is CN(C)c1ccnc(NC[C@@H]2CN(CC3CCN(CC4CC4)CC3)C(=O)CO2)n1. The van der Waals surface area contributed by atoms with Crippen LogP contribution in [0.5, 0.6) is 0 Å². The minimum Gasteiger partial charge on any atom is -0.365 e. The molecule has 8 heteroatoms. The topological polar surface area (TPSA) is 73.8 Å². The number of hydrogen-bond acceptors (Lipinski definition) is 7. The summed E-state index contributed by atoms with van der Waals surface area (Å²) in [6.07, 6.45) is 6.95. The Labute approximate surface area is 173 Å². The van der Waals surface area contributed by atoms with Gasteiger partial charge in [0.1, 0.15) is 12.4 Å². The van der Waals surface area contributed by atoms with Crippen molar-refractivity contribution in [1.29, 1.82) is 0 Å². The summed E-state index contributed by atoms with van der Waals surface area (Å²) < 4.78 is 5.75. The monoisotopic (exact) mass is 402 g/mol. The number of ether oxygens (including phenoxy) is 1. The Balaban J connectivity index is 1.23. The molecule has 1 N–H and O–H groups in total. The van der Waals surface area contributed by atoms with Gasteiger partial charge in [0.15, 0.2) is 0 Å². The summed E-state index contributed by atoms with van der Waals surface area (Å²) >= 11 is 0. The van der Waals surface area contributed by atoms with Crippen LogP contribution in [0.4, 0.5) is 11.8 Å². The van der Waals surface area contributed by atoms with Crippen LogP contribution in [-0.4, -0.2) is 91.7 Å². The van der Waals surface area contributed by atoms with Crippen LogP contribution in [0.25, 0.3) is 0 Å². The minimum atomic E-state index is -0.0331. The predicted octanol–water partition coefficient (Wildman–Crippen LogP) is 1.30. The third-order valence-electron chi connectivity index (χ3n) is 6.21. The first-order valence-electron chi connectivity index (χ1n) is 10.9. The van der Waals surface area contributed by atoms with Crippen LogP contribution in [0.3, 0.4) is 0 Å². The summed E-state index contributed by atoms with van der Waals surface area (Å²) in [6.45, 7) is 5.93. The van der Waals surface area contributed by atoms with Gasteiger partial charge >= 0.3 is 0 Å². The van der Waals surface area contributed by atoms with Gasteiger partial charge in [-0.25, -0.2) is 4.98 Å². The Morgan fingerprint density at radius 3 is 2.66 bits per heavy atom. The van der Waals surface area contributed by atoms with E-state index < -0.39 is 0 Å². The van der Waals surface area contributed by atoms with Gasteiger partial charge in [-0.1, -0.05) is 0 Å². The van der Waals surface area contributed by atoms with Gasteiger partial charge in [0.2, 0.25) is 11.9 Å². The van der Waals surface area contributed by atoms with Gasteiger partial charge in [0.25, 0.3) is 0 Å². The van der Waals surface area contributed by atoms with Crippen molar-refractivity contribution >= 4 is 17.7 Å². The second-order valence-corrected chi connectivity index (χ2v) is 8.93. The average molecular weight is 403 g/mol. The Morgan fingerprint density at radius 1 is 1.17 bits per heavy atom. The molecule has 3 aliphatic rings. The van der Waals surface area contributed by atoms with Crippen molar-refractivity contribution in [2.24, 2.45) is 11.8 Å². The van der Waals surface area contributed by atoms with Crippen LogP contribution in [0, 0.1) is 11.8 Å². The molecule has 1 aromatic rings. The number of anilines is 2. The van der Waals surface area contributed by atoms with E-state index >= 15 is 0 Å². The van der Waals surface area contributed by atoms with Gasteiger partial charge < -0.3 is 24.8 Å². The quantitative estimate of drug-likeness (QED) is 0.703. The van der Waals surface area contributed by atoms with E-state index in [2.05, 4.69) is 20.2 Å². The number of nitrogens with zero attached hydrogens (tertiary/aromatic N) is 5. The molecule has 1 amide bonds. The van der Waals surface area contributed by atoms with Crippen molar-refractivity contribution in [3.63, 3.8) is 0 Å². The molecule has 8 nitrogen and oxygen atoms in total. The van der Waals surface area contributed by atoms with E-state index in [0.29, 0.717) is 25.0 Å². The van der Waals surface area contributed by atoms with E-state index in [4.69, 9.17) is 4.74 Å². The largest absolute Gasteiger partial charge is 0.365 e. The van der Waals surface area contributed by atoms with Crippen LogP contribution in [0.2, 0.25) is 0 Å². The maximum atomic E-state index is 12.4. The molecular weight excluding hydrogens is 368 g/mol. The van der Waals surface area contributed by atoms with Crippen molar-refractivity contribution in [3.8, 4) is 0 Å². The second kappa shape index (κ2) is 9.26. The lowest BCUT2D eigenvalue weighted by Gasteiger charge is -2.38. The zero-order chi connectivity index (χ0) is 20.2. The number of morpholine rings is 1. The molecule has 0 unspecified atom stereocenters. The van der Waals surface area contributed by atoms with Gasteiger partial charge in [0.05, 0.1) is 6.10 Å². The number of amides is 1. The second-order valence-electron chi connectivity index (χ2n) is 8.93. The third kappa shape index (κ3) is 5.79. The first kappa shape index (κ1) is 20.3. The predicted molar refractivity (Wildman–Crippen MR) is 113 cm³/mol. The number of carbonyl (C=O) groups excluding carboxylic acids is 1. The molecular formula is C21H34N6O2. The van der Waals surface area contributed by atoms with Crippen LogP contribution < -0.4 is 10.2 Å². The molecule has 1 atom stereocenters. The molecule has 3 fully saturated rings. The summed E-state index contributed by atoms with van der Waals surface area (Å²) in [5.41, 5.74) is 0. The fourth-order valence-electron chi connectivity index (χ4n) is 4.20. The molecule has 1 aromatic heterocycles. The average Bonchev–Trinajstić information content (AvgIpc) is 3.54. The minimum absolute atomic E-state index is 0.0331. The van der Waals surface area contributed by atoms with Crippen molar-refractivity contribution in [2.45, 2.75) is 31.8 Å². The van der Waals surface area contributed by atoms with Gasteiger partial charge in [-0.3, -0.25) is 4.79 Å². The molecule has 2 saturated heterocycles. The van der Waals surface area contributed by atoms with Gasteiger partial charge in [0, 0.05) is 46.5 Å². The number of rotatable bonds is 8. The highest BCUT2D eigenvalue weighted by molar-refractivity contribution is 5.78. The number of hydrogen-bond donors (Lipinski definition) is 1. The fraction of sp³-hybridized carbons (Fsp3) is 0.762. The normalized spacial score (nSPS) is 24.0. The number of nitrogens with one attached hydrogen (secondary N) is 1. The smallest absolute Gasteiger partial charge is 0.248 e. The Bertz CT molecular complexity index is 688. The lowest BCUT2D eigenvalue weighted by molar-refractivity contribution is -0.149. The third-order valence-corrected chi connectivity index (χ3v) is 6.21. The lowest BCUT2D eigenvalue weighted by atomic mass is 9.95. The first-order valence-corrected chi connectivity index (χ1v) is 10.9. The Morgan fingerprint density at radius 2 is 1.93 bits per heavy atom. The van der Waals surface area contributed by atoms with Crippen LogP contribution in [-0.2, 0) is 9.53 Å². The van der Waals surface area contributed by atoms with E-state index in [-0.39, 0.29) is 18.6 Å².